The fourth-order valence-corrected chi connectivity index (χ4v) is 2.82. The first-order valence-corrected chi connectivity index (χ1v) is 5.64. The Balaban J connectivity index is 2.31. The minimum absolute atomic E-state index is 0.307. The molecule has 0 amide bonds. The number of nitrogens with zero attached hydrogens (tertiary/aromatic N) is 1. The van der Waals surface area contributed by atoms with Gasteiger partial charge >= 0.3 is 0 Å². The lowest BCUT2D eigenvalue weighted by atomic mass is 10.0. The Morgan fingerprint density at radius 1 is 1.46 bits per heavy atom. The van der Waals surface area contributed by atoms with Gasteiger partial charge in [-0.3, -0.25) is 4.79 Å². The van der Waals surface area contributed by atoms with E-state index in [-0.39, 0.29) is 0 Å². The zero-order valence-corrected chi connectivity index (χ0v) is 8.62. The molecule has 0 atom stereocenters. The van der Waals surface area contributed by atoms with Gasteiger partial charge in [-0.25, -0.2) is 4.98 Å². The highest BCUT2D eigenvalue weighted by Gasteiger charge is 2.21. The van der Waals surface area contributed by atoms with Gasteiger partial charge in [-0.2, -0.15) is 0 Å². The monoisotopic (exact) mass is 195 g/mol. The molecule has 0 saturated heterocycles. The number of Topliss-reactive ketones (excluding diaryl/α,β-unsaturated/α-hetero) is 1. The van der Waals surface area contributed by atoms with Crippen molar-refractivity contribution in [3.63, 3.8) is 0 Å². The molecular weight excluding hydrogens is 182 g/mol. The summed E-state index contributed by atoms with van der Waals surface area (Å²) in [6, 6.07) is 0. The van der Waals surface area contributed by atoms with E-state index in [0.717, 1.165) is 47.7 Å². The number of aryl methyl sites for hydroxylation is 2. The van der Waals surface area contributed by atoms with Crippen LogP contribution in [0.2, 0.25) is 0 Å². The first-order valence-electron chi connectivity index (χ1n) is 4.83. The summed E-state index contributed by atoms with van der Waals surface area (Å²) in [6.07, 6.45) is 4.84. The summed E-state index contributed by atoms with van der Waals surface area (Å²) in [7, 11) is 0. The molecule has 0 aromatic carbocycles. The summed E-state index contributed by atoms with van der Waals surface area (Å²) < 4.78 is 0. The summed E-state index contributed by atoms with van der Waals surface area (Å²) in [5.74, 6) is 0.307. The number of aromatic nitrogens is 1. The molecule has 1 aliphatic rings. The normalized spacial score (nSPS) is 15.9. The molecule has 0 saturated carbocycles. The summed E-state index contributed by atoms with van der Waals surface area (Å²) in [4.78, 5) is 16.9. The minimum Gasteiger partial charge on any atom is -0.293 e. The van der Waals surface area contributed by atoms with Gasteiger partial charge in [0.15, 0.2) is 5.78 Å². The van der Waals surface area contributed by atoms with Gasteiger partial charge in [-0.05, 0) is 25.7 Å². The fourth-order valence-electron chi connectivity index (χ4n) is 1.64. The van der Waals surface area contributed by atoms with Crippen molar-refractivity contribution in [2.45, 2.75) is 39.0 Å². The number of rotatable bonds is 2. The van der Waals surface area contributed by atoms with E-state index in [0.29, 0.717) is 5.78 Å². The van der Waals surface area contributed by atoms with Crippen molar-refractivity contribution >= 4 is 17.1 Å². The average molecular weight is 195 g/mol. The van der Waals surface area contributed by atoms with Crippen molar-refractivity contribution in [3.05, 3.63) is 15.6 Å². The molecule has 0 spiro atoms. The van der Waals surface area contributed by atoms with Crippen molar-refractivity contribution in [2.75, 3.05) is 0 Å². The number of fused-ring (bicyclic) bond motifs is 1. The highest BCUT2D eigenvalue weighted by atomic mass is 32.1. The van der Waals surface area contributed by atoms with Crippen LogP contribution in [0, 0.1) is 0 Å². The van der Waals surface area contributed by atoms with E-state index < -0.39 is 0 Å². The van der Waals surface area contributed by atoms with Crippen LogP contribution in [0.15, 0.2) is 0 Å². The predicted octanol–water partition coefficient (Wildman–Crippen LogP) is 2.61. The third kappa shape index (κ3) is 1.66. The maximum atomic E-state index is 11.5. The lowest BCUT2D eigenvalue weighted by Gasteiger charge is -2.06. The molecule has 0 N–H and O–H groups in total. The first kappa shape index (κ1) is 8.88. The largest absolute Gasteiger partial charge is 0.293 e. The molecule has 1 heterocycles. The van der Waals surface area contributed by atoms with Gasteiger partial charge in [0.05, 0.1) is 15.6 Å². The molecule has 3 heteroatoms. The van der Waals surface area contributed by atoms with Crippen LogP contribution in [0.3, 0.4) is 0 Å². The predicted molar refractivity (Wildman–Crippen MR) is 53.4 cm³/mol. The molecule has 2 nitrogen and oxygen atoms in total. The molecule has 1 aliphatic carbocycles. The van der Waals surface area contributed by atoms with Crippen LogP contribution >= 0.6 is 11.3 Å². The van der Waals surface area contributed by atoms with Gasteiger partial charge in [0, 0.05) is 6.42 Å². The number of ketones is 1. The van der Waals surface area contributed by atoms with E-state index in [1.165, 1.54) is 0 Å². The maximum Gasteiger partial charge on any atom is 0.174 e. The third-order valence-corrected chi connectivity index (χ3v) is 3.47. The Morgan fingerprint density at radius 2 is 2.31 bits per heavy atom. The topological polar surface area (TPSA) is 30.0 Å². The van der Waals surface area contributed by atoms with Gasteiger partial charge in [0.2, 0.25) is 0 Å². The molecule has 1 aromatic heterocycles. The van der Waals surface area contributed by atoms with E-state index >= 15 is 0 Å². The molecular formula is C10H13NOS. The summed E-state index contributed by atoms with van der Waals surface area (Å²) in [6.45, 7) is 2.14. The molecule has 70 valence electrons. The Hall–Kier alpha value is -0.700. The van der Waals surface area contributed by atoms with E-state index in [4.69, 9.17) is 0 Å². The lowest BCUT2D eigenvalue weighted by molar-refractivity contribution is 0.0976. The number of hydrogen-bond donors (Lipinski definition) is 0. The summed E-state index contributed by atoms with van der Waals surface area (Å²) in [5, 5.41) is 1.14. The van der Waals surface area contributed by atoms with Crippen molar-refractivity contribution in [1.82, 2.24) is 4.98 Å². The van der Waals surface area contributed by atoms with Gasteiger partial charge in [-0.15, -0.1) is 11.3 Å². The fraction of sp³-hybridized carbons (Fsp3) is 0.600. The van der Waals surface area contributed by atoms with Crippen LogP contribution in [0.25, 0.3) is 0 Å². The smallest absolute Gasteiger partial charge is 0.174 e. The van der Waals surface area contributed by atoms with Crippen LogP contribution in [0.4, 0.5) is 0 Å². The molecule has 0 unspecified atom stereocenters. The number of carbonyl (C=O) groups excluding carboxylic acids is 1. The van der Waals surface area contributed by atoms with E-state index in [2.05, 4.69) is 11.9 Å². The molecule has 1 aromatic rings. The van der Waals surface area contributed by atoms with Gasteiger partial charge in [0.1, 0.15) is 0 Å². The molecule has 0 radical (unpaired) electrons. The van der Waals surface area contributed by atoms with E-state index in [1.54, 1.807) is 11.3 Å². The Bertz CT molecular complexity index is 330. The second-order valence-corrected chi connectivity index (χ2v) is 4.49. The first-order chi connectivity index (χ1) is 6.31. The Morgan fingerprint density at radius 3 is 3.00 bits per heavy atom. The van der Waals surface area contributed by atoms with Crippen LogP contribution < -0.4 is 0 Å². The zero-order valence-electron chi connectivity index (χ0n) is 7.80. The van der Waals surface area contributed by atoms with Crippen LogP contribution in [-0.2, 0) is 12.8 Å². The highest BCUT2D eigenvalue weighted by molar-refractivity contribution is 7.13. The minimum atomic E-state index is 0.307. The highest BCUT2D eigenvalue weighted by Crippen LogP contribution is 2.27. The molecule has 2 rings (SSSR count). The SMILES string of the molecule is CCCc1nc2c(s1)C(=O)CCC2. The Labute approximate surface area is 82.0 Å². The maximum absolute atomic E-state index is 11.5. The summed E-state index contributed by atoms with van der Waals surface area (Å²) in [5.41, 5.74) is 1.06. The standard InChI is InChI=1S/C10H13NOS/c1-2-4-9-11-7-5-3-6-8(12)10(7)13-9/h2-6H2,1H3. The van der Waals surface area contributed by atoms with Crippen LogP contribution in [0.1, 0.15) is 46.6 Å². The quantitative estimate of drug-likeness (QED) is 0.726. The second-order valence-electron chi connectivity index (χ2n) is 3.41. The van der Waals surface area contributed by atoms with Gasteiger partial charge in [-0.1, -0.05) is 6.92 Å². The number of thiazole rings is 1. The van der Waals surface area contributed by atoms with Crippen molar-refractivity contribution < 1.29 is 4.79 Å². The Kier molecular flexibility index (Phi) is 2.44. The van der Waals surface area contributed by atoms with Gasteiger partial charge < -0.3 is 0 Å². The van der Waals surface area contributed by atoms with Gasteiger partial charge in [0.25, 0.3) is 0 Å². The number of hydrogen-bond acceptors (Lipinski definition) is 3. The van der Waals surface area contributed by atoms with E-state index in [1.807, 2.05) is 0 Å². The third-order valence-electron chi connectivity index (χ3n) is 2.28. The average Bonchev–Trinajstić information content (AvgIpc) is 2.49. The summed E-state index contributed by atoms with van der Waals surface area (Å²) >= 11 is 1.61. The molecule has 13 heavy (non-hydrogen) atoms. The van der Waals surface area contributed by atoms with Crippen molar-refractivity contribution in [1.29, 1.82) is 0 Å². The van der Waals surface area contributed by atoms with Crippen LogP contribution in [0.5, 0.6) is 0 Å². The molecule has 0 fully saturated rings. The van der Waals surface area contributed by atoms with E-state index in [9.17, 15) is 4.79 Å². The molecule has 0 aliphatic heterocycles. The number of carbonyl (C=O) groups is 1. The van der Waals surface area contributed by atoms with Crippen molar-refractivity contribution in [3.8, 4) is 0 Å². The van der Waals surface area contributed by atoms with Crippen LogP contribution in [-0.4, -0.2) is 10.8 Å². The zero-order chi connectivity index (χ0) is 9.26. The molecule has 0 bridgehead atoms. The second kappa shape index (κ2) is 3.58. The van der Waals surface area contributed by atoms with Crippen molar-refractivity contribution in [2.24, 2.45) is 0 Å². The lowest BCUT2D eigenvalue weighted by Crippen LogP contribution is -2.07.